The number of imidazole rings is 1. The first-order chi connectivity index (χ1) is 21.9. The van der Waals surface area contributed by atoms with Crippen molar-refractivity contribution >= 4 is 22.8 Å². The second kappa shape index (κ2) is 11.7. The third-order valence-corrected chi connectivity index (χ3v) is 8.77. The standard InChI is InChI=1S/C33H31FN8O3/c1-39-12-11-24(38-39)18-42-29-16-22(33(43)44)7-8-26(29)36-31(42)19-40-13-14-41(28-10-9-27(28)40)30-3-2-4-32(37-30)45-20-23-6-5-21(17-35)15-25(23)34/h2-8,11-12,15-16,27-28H,9-10,13-14,18-20H2,1H3,(H,43,44)/t27-,28+/m0/s1. The third kappa shape index (κ3) is 5.58. The highest BCUT2D eigenvalue weighted by Crippen LogP contribution is 2.37. The molecule has 2 fully saturated rings. The zero-order valence-corrected chi connectivity index (χ0v) is 24.7. The van der Waals surface area contributed by atoms with Gasteiger partial charge in [0, 0.05) is 50.0 Å². The molecule has 1 saturated heterocycles. The maximum Gasteiger partial charge on any atom is 0.335 e. The van der Waals surface area contributed by atoms with Crippen LogP contribution < -0.4 is 9.64 Å². The van der Waals surface area contributed by atoms with E-state index >= 15 is 0 Å². The summed E-state index contributed by atoms with van der Waals surface area (Å²) in [6, 6.07) is 19.5. The summed E-state index contributed by atoms with van der Waals surface area (Å²) in [5.41, 5.74) is 3.27. The number of carboxylic acid groups (broad SMARTS) is 1. The molecule has 2 aromatic carbocycles. The van der Waals surface area contributed by atoms with Crippen molar-refractivity contribution in [3.05, 3.63) is 101 Å². The number of nitrogens with zero attached hydrogens (tertiary/aromatic N) is 8. The summed E-state index contributed by atoms with van der Waals surface area (Å²) in [4.78, 5) is 26.2. The number of carboxylic acids is 1. The maximum absolute atomic E-state index is 14.4. The van der Waals surface area contributed by atoms with Crippen molar-refractivity contribution in [3.8, 4) is 11.9 Å². The van der Waals surface area contributed by atoms with E-state index in [0.717, 1.165) is 54.3 Å². The number of halogens is 1. The predicted octanol–water partition coefficient (Wildman–Crippen LogP) is 4.35. The minimum Gasteiger partial charge on any atom is -0.478 e. The Bertz CT molecular complexity index is 1950. The molecule has 45 heavy (non-hydrogen) atoms. The number of benzene rings is 2. The monoisotopic (exact) mass is 606 g/mol. The van der Waals surface area contributed by atoms with Crippen molar-refractivity contribution in [1.82, 2.24) is 29.2 Å². The van der Waals surface area contributed by atoms with E-state index in [1.54, 1.807) is 41.1 Å². The lowest BCUT2D eigenvalue weighted by atomic mass is 9.81. The van der Waals surface area contributed by atoms with E-state index in [0.29, 0.717) is 30.6 Å². The first kappa shape index (κ1) is 28.5. The Morgan fingerprint density at radius 1 is 1.07 bits per heavy atom. The number of rotatable bonds is 9. The molecule has 1 N–H and O–H groups in total. The molecule has 0 spiro atoms. The Labute approximate surface area is 258 Å². The van der Waals surface area contributed by atoms with Crippen LogP contribution in [0.25, 0.3) is 11.0 Å². The highest BCUT2D eigenvalue weighted by Gasteiger charge is 2.43. The molecular formula is C33H31FN8O3. The molecule has 1 aliphatic heterocycles. The Morgan fingerprint density at radius 2 is 1.93 bits per heavy atom. The van der Waals surface area contributed by atoms with Gasteiger partial charge in [0.2, 0.25) is 5.88 Å². The number of aryl methyl sites for hydroxylation is 1. The molecular weight excluding hydrogens is 575 g/mol. The van der Waals surface area contributed by atoms with Crippen LogP contribution in [0.3, 0.4) is 0 Å². The van der Waals surface area contributed by atoms with Crippen LogP contribution >= 0.6 is 0 Å². The van der Waals surface area contributed by atoms with E-state index in [1.165, 1.54) is 6.07 Å². The summed E-state index contributed by atoms with van der Waals surface area (Å²) in [6.45, 7) is 2.71. The van der Waals surface area contributed by atoms with Crippen LogP contribution in [0.5, 0.6) is 5.88 Å². The lowest BCUT2D eigenvalue weighted by Gasteiger charge is -2.54. The van der Waals surface area contributed by atoms with E-state index in [-0.39, 0.29) is 23.8 Å². The summed E-state index contributed by atoms with van der Waals surface area (Å²) >= 11 is 0. The number of carbonyl (C=O) groups is 1. The number of aromatic carboxylic acids is 1. The topological polar surface area (TPSA) is 125 Å². The average molecular weight is 607 g/mol. The molecule has 1 saturated carbocycles. The highest BCUT2D eigenvalue weighted by molar-refractivity contribution is 5.92. The summed E-state index contributed by atoms with van der Waals surface area (Å²) in [6.07, 6.45) is 3.99. The van der Waals surface area contributed by atoms with E-state index in [4.69, 9.17) is 20.0 Å². The summed E-state index contributed by atoms with van der Waals surface area (Å²) in [5.74, 6) is 0.668. The van der Waals surface area contributed by atoms with Crippen molar-refractivity contribution in [2.24, 2.45) is 7.05 Å². The largest absolute Gasteiger partial charge is 0.478 e. The second-order valence-electron chi connectivity index (χ2n) is 11.5. The molecule has 4 heterocycles. The molecule has 7 rings (SSSR count). The van der Waals surface area contributed by atoms with Gasteiger partial charge >= 0.3 is 5.97 Å². The maximum atomic E-state index is 14.4. The number of hydrogen-bond donors (Lipinski definition) is 1. The predicted molar refractivity (Wildman–Crippen MR) is 163 cm³/mol. The van der Waals surface area contributed by atoms with Crippen LogP contribution in [0.2, 0.25) is 0 Å². The molecule has 11 nitrogen and oxygen atoms in total. The first-order valence-electron chi connectivity index (χ1n) is 14.9. The fraction of sp³-hybridized carbons (Fsp3) is 0.303. The van der Waals surface area contributed by atoms with Gasteiger partial charge in [0.25, 0.3) is 0 Å². The average Bonchev–Trinajstić information content (AvgIpc) is 3.59. The first-order valence-corrected chi connectivity index (χ1v) is 14.9. The van der Waals surface area contributed by atoms with Crippen molar-refractivity contribution in [1.29, 1.82) is 5.26 Å². The van der Waals surface area contributed by atoms with Crippen molar-refractivity contribution < 1.29 is 19.0 Å². The number of anilines is 1. The molecule has 0 bridgehead atoms. The number of fused-ring (bicyclic) bond motifs is 2. The quantitative estimate of drug-likeness (QED) is 0.261. The van der Waals surface area contributed by atoms with Gasteiger partial charge in [-0.25, -0.2) is 14.2 Å². The zero-order valence-electron chi connectivity index (χ0n) is 24.7. The summed E-state index contributed by atoms with van der Waals surface area (Å²) in [5, 5.41) is 23.2. The molecule has 2 atom stereocenters. The summed E-state index contributed by atoms with van der Waals surface area (Å²) in [7, 11) is 1.88. The molecule has 1 aliphatic carbocycles. The van der Waals surface area contributed by atoms with Crippen LogP contribution in [0, 0.1) is 17.1 Å². The van der Waals surface area contributed by atoms with Gasteiger partial charge in [0.05, 0.1) is 47.0 Å². The van der Waals surface area contributed by atoms with Gasteiger partial charge in [-0.1, -0.05) is 12.1 Å². The van der Waals surface area contributed by atoms with Crippen LogP contribution in [-0.2, 0) is 26.7 Å². The SMILES string of the molecule is Cn1ccc(Cn2c(CN3CCN(c4cccc(OCc5ccc(C#N)cc5F)n4)[C@@H]4CC[C@@H]43)nc3ccc(C(=O)O)cc32)n1. The second-order valence-corrected chi connectivity index (χ2v) is 11.5. The van der Waals surface area contributed by atoms with Gasteiger partial charge in [-0.15, -0.1) is 0 Å². The molecule has 0 radical (unpaired) electrons. The molecule has 5 aromatic rings. The molecule has 228 valence electrons. The number of pyridine rings is 1. The normalized spacial score (nSPS) is 17.9. The Hall–Kier alpha value is -5.28. The van der Waals surface area contributed by atoms with Gasteiger partial charge in [-0.3, -0.25) is 9.58 Å². The lowest BCUT2D eigenvalue weighted by molar-refractivity contribution is 0.0624. The van der Waals surface area contributed by atoms with E-state index in [9.17, 15) is 14.3 Å². The third-order valence-electron chi connectivity index (χ3n) is 8.77. The van der Waals surface area contributed by atoms with Gasteiger partial charge < -0.3 is 19.3 Å². The fourth-order valence-electron chi connectivity index (χ4n) is 6.33. The Morgan fingerprint density at radius 3 is 2.67 bits per heavy atom. The van der Waals surface area contributed by atoms with Gasteiger partial charge in [-0.05, 0) is 55.3 Å². The van der Waals surface area contributed by atoms with Crippen molar-refractivity contribution in [2.45, 2.75) is 44.6 Å². The van der Waals surface area contributed by atoms with Gasteiger partial charge in [0.15, 0.2) is 0 Å². The Balaban J connectivity index is 1.08. The summed E-state index contributed by atoms with van der Waals surface area (Å²) < 4.78 is 24.0. The van der Waals surface area contributed by atoms with Gasteiger partial charge in [-0.2, -0.15) is 15.3 Å². The van der Waals surface area contributed by atoms with E-state index < -0.39 is 11.8 Å². The number of nitriles is 1. The number of piperazine rings is 1. The molecule has 12 heteroatoms. The smallest absolute Gasteiger partial charge is 0.335 e. The molecule has 3 aromatic heterocycles. The zero-order chi connectivity index (χ0) is 31.1. The lowest BCUT2D eigenvalue weighted by Crippen LogP contribution is -2.64. The Kier molecular flexibility index (Phi) is 7.39. The van der Waals surface area contributed by atoms with Crippen LogP contribution in [0.15, 0.2) is 66.9 Å². The number of ether oxygens (including phenoxy) is 1. The van der Waals surface area contributed by atoms with E-state index in [1.807, 2.05) is 37.5 Å². The van der Waals surface area contributed by atoms with Crippen LogP contribution in [0.1, 0.15) is 45.8 Å². The number of aromatic nitrogens is 5. The highest BCUT2D eigenvalue weighted by atomic mass is 19.1. The van der Waals surface area contributed by atoms with Crippen molar-refractivity contribution in [2.75, 3.05) is 18.0 Å². The minimum absolute atomic E-state index is 0.0152. The van der Waals surface area contributed by atoms with Crippen LogP contribution in [0.4, 0.5) is 10.2 Å². The molecule has 2 aliphatic rings. The van der Waals surface area contributed by atoms with Crippen molar-refractivity contribution in [3.63, 3.8) is 0 Å². The van der Waals surface area contributed by atoms with E-state index in [2.05, 4.69) is 19.5 Å². The molecule has 0 amide bonds. The fourth-order valence-corrected chi connectivity index (χ4v) is 6.33. The number of hydrogen-bond acceptors (Lipinski definition) is 8. The minimum atomic E-state index is -0.970. The van der Waals surface area contributed by atoms with Crippen LogP contribution in [-0.4, -0.2) is 65.5 Å². The molecule has 0 unspecified atom stereocenters. The van der Waals surface area contributed by atoms with Gasteiger partial charge in [0.1, 0.15) is 24.1 Å².